The van der Waals surface area contributed by atoms with Gasteiger partial charge in [-0.05, 0) is 28.5 Å². The molecule has 0 unspecified atom stereocenters. The van der Waals surface area contributed by atoms with E-state index in [4.69, 9.17) is 0 Å². The van der Waals surface area contributed by atoms with Gasteiger partial charge in [0.25, 0.3) is 0 Å². The van der Waals surface area contributed by atoms with Gasteiger partial charge in [0, 0.05) is 22.0 Å². The lowest BCUT2D eigenvalue weighted by molar-refractivity contribution is 0.728. The average molecular weight is 286 g/mol. The molecule has 2 rings (SSSR count). The van der Waals surface area contributed by atoms with E-state index >= 15 is 0 Å². The molecule has 0 saturated heterocycles. The number of nitrogens with one attached hydrogen (secondary N) is 2. The minimum Gasteiger partial charge on any atom is -0.313 e. The lowest BCUT2D eigenvalue weighted by Gasteiger charge is -2.00. The van der Waals surface area contributed by atoms with Gasteiger partial charge in [-0.2, -0.15) is 5.10 Å². The van der Waals surface area contributed by atoms with Crippen molar-refractivity contribution in [3.05, 3.63) is 27.7 Å². The second-order valence-electron chi connectivity index (χ2n) is 3.18. The van der Waals surface area contributed by atoms with E-state index in [0.717, 1.165) is 23.3 Å². The summed E-state index contributed by atoms with van der Waals surface area (Å²) in [7, 11) is 0. The fourth-order valence-corrected chi connectivity index (χ4v) is 2.82. The highest BCUT2D eigenvalue weighted by Gasteiger charge is 2.08. The van der Waals surface area contributed by atoms with Crippen LogP contribution in [0.4, 0.5) is 0 Å². The molecular weight excluding hydrogens is 274 g/mol. The Bertz CT molecular complexity index is 435. The Balaban J connectivity index is 2.24. The van der Waals surface area contributed by atoms with Crippen molar-refractivity contribution < 1.29 is 0 Å². The van der Waals surface area contributed by atoms with Crippen molar-refractivity contribution in [2.75, 3.05) is 6.54 Å². The highest BCUT2D eigenvalue weighted by molar-refractivity contribution is 9.10. The van der Waals surface area contributed by atoms with Crippen LogP contribution in [0.3, 0.4) is 0 Å². The molecule has 0 aromatic carbocycles. The number of hydrogen-bond donors (Lipinski definition) is 2. The number of nitrogens with zero attached hydrogens (tertiary/aromatic N) is 1. The second kappa shape index (κ2) is 4.92. The monoisotopic (exact) mass is 285 g/mol. The predicted octanol–water partition coefficient (Wildman–Crippen LogP) is 3.01. The zero-order valence-electron chi connectivity index (χ0n) is 8.38. The molecule has 5 heteroatoms. The molecule has 0 radical (unpaired) electrons. The van der Waals surface area contributed by atoms with Crippen molar-refractivity contribution in [3.8, 4) is 10.6 Å². The molecule has 0 aliphatic rings. The summed E-state index contributed by atoms with van der Waals surface area (Å²) in [6.45, 7) is 3.93. The Labute approximate surface area is 101 Å². The third-order valence-corrected chi connectivity index (χ3v) is 3.81. The maximum atomic E-state index is 4.09. The fourth-order valence-electron chi connectivity index (χ4n) is 1.36. The van der Waals surface area contributed by atoms with Gasteiger partial charge in [0.1, 0.15) is 0 Å². The summed E-state index contributed by atoms with van der Waals surface area (Å²) in [6, 6.07) is 2.10. The zero-order valence-corrected chi connectivity index (χ0v) is 10.8. The molecule has 0 atom stereocenters. The number of hydrogen-bond acceptors (Lipinski definition) is 3. The summed E-state index contributed by atoms with van der Waals surface area (Å²) in [4.78, 5) is 1.22. The van der Waals surface area contributed by atoms with E-state index in [2.05, 4.69) is 49.8 Å². The molecule has 3 nitrogen and oxygen atoms in total. The van der Waals surface area contributed by atoms with E-state index in [0.29, 0.717) is 0 Å². The van der Waals surface area contributed by atoms with Crippen molar-refractivity contribution in [2.45, 2.75) is 13.5 Å². The molecule has 0 aliphatic heterocycles. The second-order valence-corrected chi connectivity index (χ2v) is 5.01. The Morgan fingerprint density at radius 2 is 2.47 bits per heavy atom. The molecule has 2 heterocycles. The molecule has 2 aromatic heterocycles. The third kappa shape index (κ3) is 2.48. The molecule has 0 bridgehead atoms. The van der Waals surface area contributed by atoms with Gasteiger partial charge in [0.05, 0.1) is 16.8 Å². The summed E-state index contributed by atoms with van der Waals surface area (Å²) >= 11 is 5.16. The maximum Gasteiger partial charge on any atom is 0.0795 e. The molecule has 0 fully saturated rings. The quantitative estimate of drug-likeness (QED) is 0.907. The molecule has 80 valence electrons. The van der Waals surface area contributed by atoms with Crippen LogP contribution in [0.15, 0.2) is 22.1 Å². The van der Waals surface area contributed by atoms with Gasteiger partial charge >= 0.3 is 0 Å². The molecule has 0 aliphatic carbocycles. The Hall–Kier alpha value is -0.650. The average Bonchev–Trinajstić information content (AvgIpc) is 2.82. The van der Waals surface area contributed by atoms with Crippen molar-refractivity contribution in [1.82, 2.24) is 15.5 Å². The number of halogens is 1. The van der Waals surface area contributed by atoms with Crippen LogP contribution in [0.1, 0.15) is 12.5 Å². The first-order valence-corrected chi connectivity index (χ1v) is 6.46. The van der Waals surface area contributed by atoms with Crippen LogP contribution < -0.4 is 5.32 Å². The summed E-state index contributed by atoms with van der Waals surface area (Å²) < 4.78 is 1.12. The number of rotatable bonds is 4. The first-order chi connectivity index (χ1) is 7.31. The predicted molar refractivity (Wildman–Crippen MR) is 67.0 cm³/mol. The number of thiophene rings is 1. The first-order valence-electron chi connectivity index (χ1n) is 4.78. The SMILES string of the molecule is CCNCc1cn[nH]c1-c1cc(Br)cs1. The van der Waals surface area contributed by atoms with Gasteiger partial charge in [0.15, 0.2) is 0 Å². The highest BCUT2D eigenvalue weighted by atomic mass is 79.9. The van der Waals surface area contributed by atoms with Crippen molar-refractivity contribution in [2.24, 2.45) is 0 Å². The lowest BCUT2D eigenvalue weighted by atomic mass is 10.2. The summed E-state index contributed by atoms with van der Waals surface area (Å²) in [5.74, 6) is 0. The van der Waals surface area contributed by atoms with E-state index in [-0.39, 0.29) is 0 Å². The van der Waals surface area contributed by atoms with E-state index in [9.17, 15) is 0 Å². The Morgan fingerprint density at radius 1 is 1.60 bits per heavy atom. The van der Waals surface area contributed by atoms with E-state index in [1.54, 1.807) is 11.3 Å². The molecule has 2 N–H and O–H groups in total. The standard InChI is InChI=1S/C10H12BrN3S/c1-2-12-4-7-5-13-14-10(7)9-3-8(11)6-15-9/h3,5-6,12H,2,4H2,1H3,(H,13,14). The van der Waals surface area contributed by atoms with E-state index in [1.807, 2.05) is 6.20 Å². The molecular formula is C10H12BrN3S. The first kappa shape index (κ1) is 10.9. The van der Waals surface area contributed by atoms with Gasteiger partial charge in [-0.3, -0.25) is 5.10 Å². The van der Waals surface area contributed by atoms with Crippen LogP contribution in [0.5, 0.6) is 0 Å². The van der Waals surface area contributed by atoms with Crippen LogP contribution in [0.2, 0.25) is 0 Å². The van der Waals surface area contributed by atoms with Crippen LogP contribution in [0.25, 0.3) is 10.6 Å². The van der Waals surface area contributed by atoms with Gasteiger partial charge in [-0.25, -0.2) is 0 Å². The minimum atomic E-state index is 0.859. The van der Waals surface area contributed by atoms with Crippen LogP contribution >= 0.6 is 27.3 Å². The van der Waals surface area contributed by atoms with E-state index in [1.165, 1.54) is 10.4 Å². The Kier molecular flexibility index (Phi) is 3.56. The van der Waals surface area contributed by atoms with Gasteiger partial charge in [-0.1, -0.05) is 6.92 Å². The normalized spacial score (nSPS) is 10.8. The largest absolute Gasteiger partial charge is 0.313 e. The zero-order chi connectivity index (χ0) is 10.7. The Morgan fingerprint density at radius 3 is 3.13 bits per heavy atom. The topological polar surface area (TPSA) is 40.7 Å². The maximum absolute atomic E-state index is 4.09. The summed E-state index contributed by atoms with van der Waals surface area (Å²) in [6.07, 6.45) is 1.88. The highest BCUT2D eigenvalue weighted by Crippen LogP contribution is 2.30. The number of H-pyrrole nitrogens is 1. The van der Waals surface area contributed by atoms with Crippen molar-refractivity contribution in [3.63, 3.8) is 0 Å². The molecule has 2 aromatic rings. The lowest BCUT2D eigenvalue weighted by Crippen LogP contribution is -2.11. The fraction of sp³-hybridized carbons (Fsp3) is 0.300. The van der Waals surface area contributed by atoms with Gasteiger partial charge < -0.3 is 5.32 Å². The van der Waals surface area contributed by atoms with Crippen LogP contribution in [-0.2, 0) is 6.54 Å². The molecule has 0 amide bonds. The number of aromatic amines is 1. The smallest absolute Gasteiger partial charge is 0.0795 e. The van der Waals surface area contributed by atoms with Crippen molar-refractivity contribution >= 4 is 27.3 Å². The third-order valence-electron chi connectivity index (χ3n) is 2.10. The van der Waals surface area contributed by atoms with Crippen LogP contribution in [-0.4, -0.2) is 16.7 Å². The number of aromatic nitrogens is 2. The molecule has 0 spiro atoms. The summed E-state index contributed by atoms with van der Waals surface area (Å²) in [5, 5.41) is 12.5. The summed E-state index contributed by atoms with van der Waals surface area (Å²) in [5.41, 5.74) is 2.33. The van der Waals surface area contributed by atoms with Crippen LogP contribution in [0, 0.1) is 0 Å². The van der Waals surface area contributed by atoms with E-state index < -0.39 is 0 Å². The molecule has 15 heavy (non-hydrogen) atoms. The minimum absolute atomic E-state index is 0.859. The van der Waals surface area contributed by atoms with Gasteiger partial charge in [0.2, 0.25) is 0 Å². The van der Waals surface area contributed by atoms with Gasteiger partial charge in [-0.15, -0.1) is 11.3 Å². The molecule has 0 saturated carbocycles. The van der Waals surface area contributed by atoms with Crippen molar-refractivity contribution in [1.29, 1.82) is 0 Å².